The van der Waals surface area contributed by atoms with Crippen LogP contribution in [0, 0.1) is 5.82 Å². The van der Waals surface area contributed by atoms with Gasteiger partial charge in [0.05, 0.1) is 5.69 Å². The third kappa shape index (κ3) is 3.86. The molecular formula is C11H15FN2O2. The highest BCUT2D eigenvalue weighted by atomic mass is 19.1. The van der Waals surface area contributed by atoms with Crippen molar-refractivity contribution >= 4 is 17.3 Å². The van der Waals surface area contributed by atoms with Crippen LogP contribution in [0.15, 0.2) is 18.2 Å². The fourth-order valence-electron chi connectivity index (χ4n) is 1.22. The van der Waals surface area contributed by atoms with Gasteiger partial charge in [0.2, 0.25) is 5.91 Å². The zero-order valence-electron chi connectivity index (χ0n) is 9.13. The summed E-state index contributed by atoms with van der Waals surface area (Å²) in [6.45, 7) is 0.512. The number of anilines is 2. The van der Waals surface area contributed by atoms with E-state index < -0.39 is 5.82 Å². The predicted molar refractivity (Wildman–Crippen MR) is 60.6 cm³/mol. The molecular weight excluding hydrogens is 211 g/mol. The molecule has 16 heavy (non-hydrogen) atoms. The van der Waals surface area contributed by atoms with Crippen molar-refractivity contribution in [2.24, 2.45) is 0 Å². The summed E-state index contributed by atoms with van der Waals surface area (Å²) >= 11 is 0. The lowest BCUT2D eigenvalue weighted by molar-refractivity contribution is -0.116. The number of rotatable bonds is 5. The van der Waals surface area contributed by atoms with Crippen LogP contribution in [0.3, 0.4) is 0 Å². The van der Waals surface area contributed by atoms with E-state index in [1.54, 1.807) is 7.11 Å². The van der Waals surface area contributed by atoms with E-state index in [2.05, 4.69) is 5.32 Å². The van der Waals surface area contributed by atoms with Crippen LogP contribution in [-0.4, -0.2) is 19.6 Å². The number of methoxy groups -OCH3 is 1. The van der Waals surface area contributed by atoms with Crippen LogP contribution in [0.5, 0.6) is 0 Å². The summed E-state index contributed by atoms with van der Waals surface area (Å²) in [4.78, 5) is 11.4. The van der Waals surface area contributed by atoms with E-state index in [9.17, 15) is 9.18 Å². The molecule has 0 spiro atoms. The van der Waals surface area contributed by atoms with Crippen LogP contribution < -0.4 is 11.1 Å². The Bertz CT molecular complexity index is 369. The SMILES string of the molecule is COCCCC(=O)Nc1ccc(N)cc1F. The number of amides is 1. The zero-order valence-corrected chi connectivity index (χ0v) is 9.13. The first-order valence-corrected chi connectivity index (χ1v) is 4.97. The van der Waals surface area contributed by atoms with Gasteiger partial charge in [0, 0.05) is 25.8 Å². The smallest absolute Gasteiger partial charge is 0.224 e. The second-order valence-electron chi connectivity index (χ2n) is 3.38. The Labute approximate surface area is 93.6 Å². The number of carbonyl (C=O) groups excluding carboxylic acids is 1. The van der Waals surface area contributed by atoms with E-state index >= 15 is 0 Å². The van der Waals surface area contributed by atoms with Gasteiger partial charge in [0.1, 0.15) is 5.82 Å². The molecule has 0 aromatic heterocycles. The second-order valence-corrected chi connectivity index (χ2v) is 3.38. The molecule has 0 unspecified atom stereocenters. The van der Waals surface area contributed by atoms with Gasteiger partial charge in [-0.1, -0.05) is 0 Å². The topological polar surface area (TPSA) is 64.3 Å². The van der Waals surface area contributed by atoms with E-state index in [1.807, 2.05) is 0 Å². The number of halogens is 1. The third-order valence-corrected chi connectivity index (χ3v) is 2.02. The van der Waals surface area contributed by atoms with Gasteiger partial charge in [0.25, 0.3) is 0 Å². The van der Waals surface area contributed by atoms with Crippen molar-refractivity contribution in [3.63, 3.8) is 0 Å². The van der Waals surface area contributed by atoms with Crippen LogP contribution in [0.1, 0.15) is 12.8 Å². The van der Waals surface area contributed by atoms with Gasteiger partial charge in [-0.2, -0.15) is 0 Å². The summed E-state index contributed by atoms with van der Waals surface area (Å²) < 4.78 is 18.1. The van der Waals surface area contributed by atoms with E-state index in [0.717, 1.165) is 0 Å². The molecule has 5 heteroatoms. The van der Waals surface area contributed by atoms with Gasteiger partial charge in [-0.05, 0) is 24.6 Å². The highest BCUT2D eigenvalue weighted by Crippen LogP contribution is 2.17. The van der Waals surface area contributed by atoms with Crippen LogP contribution in [0.4, 0.5) is 15.8 Å². The zero-order chi connectivity index (χ0) is 12.0. The van der Waals surface area contributed by atoms with Gasteiger partial charge in [0.15, 0.2) is 0 Å². The summed E-state index contributed by atoms with van der Waals surface area (Å²) in [5, 5.41) is 2.47. The van der Waals surface area contributed by atoms with Crippen molar-refractivity contribution in [2.75, 3.05) is 24.8 Å². The molecule has 1 aromatic rings. The second kappa shape index (κ2) is 6.07. The summed E-state index contributed by atoms with van der Waals surface area (Å²) in [6.07, 6.45) is 0.913. The minimum absolute atomic E-state index is 0.150. The lowest BCUT2D eigenvalue weighted by Gasteiger charge is -2.06. The first-order valence-electron chi connectivity index (χ1n) is 4.97. The van der Waals surface area contributed by atoms with Crippen molar-refractivity contribution in [3.05, 3.63) is 24.0 Å². The van der Waals surface area contributed by atoms with Crippen molar-refractivity contribution < 1.29 is 13.9 Å². The molecule has 88 valence electrons. The molecule has 1 aromatic carbocycles. The van der Waals surface area contributed by atoms with E-state index in [1.165, 1.54) is 18.2 Å². The third-order valence-electron chi connectivity index (χ3n) is 2.02. The van der Waals surface area contributed by atoms with Gasteiger partial charge in [-0.3, -0.25) is 4.79 Å². The van der Waals surface area contributed by atoms with Crippen LogP contribution >= 0.6 is 0 Å². The number of hydrogen-bond acceptors (Lipinski definition) is 3. The lowest BCUT2D eigenvalue weighted by atomic mass is 10.2. The molecule has 3 N–H and O–H groups in total. The molecule has 0 aliphatic heterocycles. The monoisotopic (exact) mass is 226 g/mol. The molecule has 0 aliphatic carbocycles. The van der Waals surface area contributed by atoms with Crippen LogP contribution in [0.25, 0.3) is 0 Å². The first-order chi connectivity index (χ1) is 7.63. The Hall–Kier alpha value is -1.62. The average molecular weight is 226 g/mol. The Morgan fingerprint density at radius 2 is 2.31 bits per heavy atom. The minimum atomic E-state index is -0.528. The maximum atomic E-state index is 13.3. The van der Waals surface area contributed by atoms with Crippen molar-refractivity contribution in [2.45, 2.75) is 12.8 Å². The molecule has 0 atom stereocenters. The average Bonchev–Trinajstić information content (AvgIpc) is 2.23. The summed E-state index contributed by atoms with van der Waals surface area (Å²) in [6, 6.07) is 4.15. The largest absolute Gasteiger partial charge is 0.399 e. The molecule has 4 nitrogen and oxygen atoms in total. The fourth-order valence-corrected chi connectivity index (χ4v) is 1.22. The fraction of sp³-hybridized carbons (Fsp3) is 0.364. The maximum absolute atomic E-state index is 13.3. The summed E-state index contributed by atoms with van der Waals surface area (Å²) in [7, 11) is 1.57. The Morgan fingerprint density at radius 1 is 1.56 bits per heavy atom. The number of ether oxygens (including phenoxy) is 1. The Kier molecular flexibility index (Phi) is 4.72. The summed E-state index contributed by atoms with van der Waals surface area (Å²) in [5.74, 6) is -0.763. The predicted octanol–water partition coefficient (Wildman–Crippen LogP) is 1.77. The number of hydrogen-bond donors (Lipinski definition) is 2. The molecule has 0 heterocycles. The maximum Gasteiger partial charge on any atom is 0.224 e. The quantitative estimate of drug-likeness (QED) is 0.594. The van der Waals surface area contributed by atoms with E-state index in [-0.39, 0.29) is 11.6 Å². The van der Waals surface area contributed by atoms with Crippen molar-refractivity contribution in [1.29, 1.82) is 0 Å². The number of carbonyl (C=O) groups is 1. The molecule has 1 rings (SSSR count). The molecule has 0 aliphatic rings. The van der Waals surface area contributed by atoms with Crippen molar-refractivity contribution in [3.8, 4) is 0 Å². The molecule has 0 saturated carbocycles. The Balaban J connectivity index is 2.49. The molecule has 1 amide bonds. The molecule has 0 fully saturated rings. The highest BCUT2D eigenvalue weighted by Gasteiger charge is 2.06. The van der Waals surface area contributed by atoms with Crippen molar-refractivity contribution in [1.82, 2.24) is 0 Å². The van der Waals surface area contributed by atoms with Crippen LogP contribution in [-0.2, 0) is 9.53 Å². The summed E-state index contributed by atoms with van der Waals surface area (Å²) in [5.41, 5.74) is 5.87. The van der Waals surface area contributed by atoms with E-state index in [0.29, 0.717) is 25.1 Å². The number of nitrogens with two attached hydrogens (primary N) is 1. The molecule has 0 bridgehead atoms. The molecule has 0 saturated heterocycles. The van der Waals surface area contributed by atoms with Gasteiger partial charge >= 0.3 is 0 Å². The number of nitrogens with one attached hydrogen (secondary N) is 1. The minimum Gasteiger partial charge on any atom is -0.399 e. The molecule has 0 radical (unpaired) electrons. The van der Waals surface area contributed by atoms with Gasteiger partial charge < -0.3 is 15.8 Å². The first kappa shape index (κ1) is 12.4. The Morgan fingerprint density at radius 3 is 2.94 bits per heavy atom. The standard InChI is InChI=1S/C11H15FN2O2/c1-16-6-2-3-11(15)14-10-5-4-8(13)7-9(10)12/h4-5,7H,2-3,6,13H2,1H3,(H,14,15). The van der Waals surface area contributed by atoms with Crippen LogP contribution in [0.2, 0.25) is 0 Å². The number of nitrogen functional groups attached to an aromatic ring is 1. The van der Waals surface area contributed by atoms with E-state index in [4.69, 9.17) is 10.5 Å². The lowest BCUT2D eigenvalue weighted by Crippen LogP contribution is -2.13. The normalized spacial score (nSPS) is 10.1. The van der Waals surface area contributed by atoms with Gasteiger partial charge in [-0.15, -0.1) is 0 Å². The number of benzene rings is 1. The highest BCUT2D eigenvalue weighted by molar-refractivity contribution is 5.90. The van der Waals surface area contributed by atoms with Gasteiger partial charge in [-0.25, -0.2) is 4.39 Å².